The van der Waals surface area contributed by atoms with Crippen LogP contribution >= 0.6 is 0 Å². The van der Waals surface area contributed by atoms with E-state index in [1.165, 1.54) is 44.2 Å². The molecule has 172 valence electrons. The average Bonchev–Trinajstić information content (AvgIpc) is 3.35. The molecule has 0 aliphatic heterocycles. The number of hydrogen-bond donors (Lipinski definition) is 2. The van der Waals surface area contributed by atoms with Gasteiger partial charge in [-0.2, -0.15) is 0 Å². The highest BCUT2D eigenvalue weighted by Crippen LogP contribution is 2.65. The molecule has 4 fully saturated rings. The monoisotopic (exact) mass is 429 g/mol. The number of aliphatic hydroxyl groups excluding tert-OH is 1. The number of nitrogens with zero attached hydrogens (tertiary/aromatic N) is 2. The lowest BCUT2D eigenvalue weighted by molar-refractivity contribution is -0.112. The second-order valence-corrected chi connectivity index (χ2v) is 11.2. The van der Waals surface area contributed by atoms with Crippen LogP contribution in [0.2, 0.25) is 0 Å². The minimum absolute atomic E-state index is 0.0792. The first-order chi connectivity index (χ1) is 14.9. The lowest BCUT2D eigenvalue weighted by Crippen LogP contribution is -2.54. The van der Waals surface area contributed by atoms with E-state index in [9.17, 15) is 5.11 Å². The summed E-state index contributed by atoms with van der Waals surface area (Å²) in [6.45, 7) is 5.80. The Labute approximate surface area is 186 Å². The molecule has 0 spiro atoms. The molecular weight excluding hydrogens is 390 g/mol. The Morgan fingerprint density at radius 1 is 1.16 bits per heavy atom. The van der Waals surface area contributed by atoms with E-state index in [1.807, 2.05) is 0 Å². The van der Waals surface area contributed by atoms with Gasteiger partial charge in [-0.1, -0.05) is 19.0 Å². The second-order valence-electron chi connectivity index (χ2n) is 11.2. The molecule has 4 aliphatic rings. The predicted molar refractivity (Wildman–Crippen MR) is 119 cm³/mol. The minimum atomic E-state index is -0.0792. The van der Waals surface area contributed by atoms with Gasteiger partial charge in [0.2, 0.25) is 0 Å². The van der Waals surface area contributed by atoms with E-state index in [0.717, 1.165) is 42.9 Å². The van der Waals surface area contributed by atoms with Crippen LogP contribution in [0.25, 0.3) is 0 Å². The Kier molecular flexibility index (Phi) is 5.66. The molecule has 0 saturated heterocycles. The van der Waals surface area contributed by atoms with E-state index >= 15 is 0 Å². The van der Waals surface area contributed by atoms with Gasteiger partial charge in [0.15, 0.2) is 5.89 Å². The topological polar surface area (TPSA) is 93.9 Å². The summed E-state index contributed by atoms with van der Waals surface area (Å²) >= 11 is 0. The van der Waals surface area contributed by atoms with Crippen molar-refractivity contribution in [2.24, 2.45) is 45.4 Å². The fraction of sp³-hybridized carbons (Fsp3) is 0.840. The third-order valence-electron chi connectivity index (χ3n) is 9.85. The van der Waals surface area contributed by atoms with Crippen molar-refractivity contribution < 1.29 is 14.4 Å². The van der Waals surface area contributed by atoms with Gasteiger partial charge in [0.05, 0.1) is 31.0 Å². The summed E-state index contributed by atoms with van der Waals surface area (Å²) < 4.78 is 5.52. The van der Waals surface area contributed by atoms with Crippen molar-refractivity contribution in [2.45, 2.75) is 90.7 Å². The Hall–Kier alpha value is -1.40. The van der Waals surface area contributed by atoms with Crippen LogP contribution in [0.3, 0.4) is 0 Å². The number of fused-ring (bicyclic) bond motifs is 5. The normalized spacial score (nSPS) is 43.4. The Bertz CT molecular complexity index is 823. The first-order valence-electron chi connectivity index (χ1n) is 12.4. The number of hydrogen-bond acceptors (Lipinski definition) is 6. The molecule has 0 aromatic carbocycles. The first-order valence-corrected chi connectivity index (χ1v) is 12.4. The largest absolute Gasteiger partial charge is 0.444 e. The molecule has 7 atom stereocenters. The molecule has 7 unspecified atom stereocenters. The average molecular weight is 430 g/mol. The fourth-order valence-electron chi connectivity index (χ4n) is 7.94. The molecule has 5 rings (SSSR count). The van der Waals surface area contributed by atoms with Gasteiger partial charge in [0, 0.05) is 0 Å². The van der Waals surface area contributed by atoms with Crippen LogP contribution in [0.4, 0.5) is 0 Å². The zero-order valence-corrected chi connectivity index (χ0v) is 19.2. The molecule has 6 heteroatoms. The number of aliphatic hydroxyl groups is 1. The van der Waals surface area contributed by atoms with E-state index < -0.39 is 0 Å². The zero-order valence-electron chi connectivity index (χ0n) is 19.2. The van der Waals surface area contributed by atoms with E-state index in [0.29, 0.717) is 36.6 Å². The summed E-state index contributed by atoms with van der Waals surface area (Å²) in [5, 5.41) is 15.2. The maximum atomic E-state index is 10.6. The molecule has 1 heterocycles. The van der Waals surface area contributed by atoms with Gasteiger partial charge in [0.1, 0.15) is 12.4 Å². The molecule has 4 saturated carbocycles. The molecular formula is C25H39N3O3. The van der Waals surface area contributed by atoms with Crippen LogP contribution in [0.5, 0.6) is 0 Å². The van der Waals surface area contributed by atoms with Gasteiger partial charge in [-0.3, -0.25) is 0 Å². The molecule has 0 bridgehead atoms. The number of aromatic nitrogens is 1. The standard InChI is InChI=1S/C25H39N3O3/c1-24-10-7-17(28-30-12-9-23-27-15-18(14-26)31-23)13-16(24)3-4-19-20-5-6-22(29)25(20,2)11-8-21(19)24/h15-16,19-22,29H,3-14,26H2,1-2H3. The molecule has 6 nitrogen and oxygen atoms in total. The predicted octanol–water partition coefficient (Wildman–Crippen LogP) is 4.45. The van der Waals surface area contributed by atoms with E-state index in [-0.39, 0.29) is 11.5 Å². The molecule has 31 heavy (non-hydrogen) atoms. The van der Waals surface area contributed by atoms with Crippen molar-refractivity contribution in [3.05, 3.63) is 17.8 Å². The van der Waals surface area contributed by atoms with E-state index in [1.54, 1.807) is 6.20 Å². The van der Waals surface area contributed by atoms with Gasteiger partial charge in [-0.05, 0) is 92.3 Å². The van der Waals surface area contributed by atoms with Gasteiger partial charge < -0.3 is 20.1 Å². The lowest BCUT2D eigenvalue weighted by Gasteiger charge is -2.60. The van der Waals surface area contributed by atoms with E-state index in [2.05, 4.69) is 24.0 Å². The highest BCUT2D eigenvalue weighted by atomic mass is 16.6. The fourth-order valence-corrected chi connectivity index (χ4v) is 7.94. The number of oxime groups is 1. The summed E-state index contributed by atoms with van der Waals surface area (Å²) in [4.78, 5) is 9.86. The Morgan fingerprint density at radius 3 is 2.81 bits per heavy atom. The smallest absolute Gasteiger partial charge is 0.197 e. The van der Waals surface area contributed by atoms with Crippen LogP contribution in [0, 0.1) is 34.5 Å². The van der Waals surface area contributed by atoms with E-state index in [4.69, 9.17) is 15.0 Å². The highest BCUT2D eigenvalue weighted by Gasteiger charge is 2.59. The summed E-state index contributed by atoms with van der Waals surface area (Å²) in [7, 11) is 0. The van der Waals surface area contributed by atoms with Crippen molar-refractivity contribution in [3.8, 4) is 0 Å². The van der Waals surface area contributed by atoms with Crippen LogP contribution in [-0.4, -0.2) is 28.5 Å². The molecule has 4 aliphatic carbocycles. The summed E-state index contributed by atoms with van der Waals surface area (Å²) in [5.74, 6) is 4.45. The van der Waals surface area contributed by atoms with Crippen LogP contribution in [0.15, 0.2) is 15.8 Å². The van der Waals surface area contributed by atoms with Gasteiger partial charge in [-0.15, -0.1) is 0 Å². The maximum Gasteiger partial charge on any atom is 0.197 e. The van der Waals surface area contributed by atoms with Crippen LogP contribution < -0.4 is 5.73 Å². The maximum absolute atomic E-state index is 10.6. The van der Waals surface area contributed by atoms with Crippen molar-refractivity contribution >= 4 is 5.71 Å². The third-order valence-corrected chi connectivity index (χ3v) is 9.85. The summed E-state index contributed by atoms with van der Waals surface area (Å²) in [6, 6.07) is 0. The van der Waals surface area contributed by atoms with Crippen molar-refractivity contribution in [3.63, 3.8) is 0 Å². The lowest BCUT2D eigenvalue weighted by atomic mass is 9.45. The van der Waals surface area contributed by atoms with Crippen molar-refractivity contribution in [2.75, 3.05) is 6.61 Å². The molecule has 1 aromatic heterocycles. The molecule has 3 N–H and O–H groups in total. The van der Waals surface area contributed by atoms with Gasteiger partial charge >= 0.3 is 0 Å². The third kappa shape index (κ3) is 3.64. The SMILES string of the molecule is CC12CCC3C(CCC4CC(=NOCCc5ncc(CN)o5)CCC43C)C1CCC2O. The first kappa shape index (κ1) is 21.4. The molecule has 1 aromatic rings. The van der Waals surface area contributed by atoms with Crippen molar-refractivity contribution in [1.82, 2.24) is 4.98 Å². The van der Waals surface area contributed by atoms with Gasteiger partial charge in [-0.25, -0.2) is 4.98 Å². The minimum Gasteiger partial charge on any atom is -0.444 e. The molecule has 0 radical (unpaired) electrons. The summed E-state index contributed by atoms with van der Waals surface area (Å²) in [6.07, 6.45) is 13.0. The highest BCUT2D eigenvalue weighted by molar-refractivity contribution is 5.85. The Morgan fingerprint density at radius 2 is 2.00 bits per heavy atom. The quantitative estimate of drug-likeness (QED) is 0.533. The van der Waals surface area contributed by atoms with Crippen LogP contribution in [0.1, 0.15) is 83.3 Å². The van der Waals surface area contributed by atoms with Crippen LogP contribution in [-0.2, 0) is 17.8 Å². The van der Waals surface area contributed by atoms with Gasteiger partial charge in [0.25, 0.3) is 0 Å². The zero-order chi connectivity index (χ0) is 21.6. The molecule has 0 amide bonds. The van der Waals surface area contributed by atoms with Crippen molar-refractivity contribution in [1.29, 1.82) is 0 Å². The number of rotatable bonds is 5. The second kappa shape index (κ2) is 8.18. The number of oxazole rings is 1. The Balaban J connectivity index is 1.19. The number of nitrogens with two attached hydrogens (primary N) is 1. The summed E-state index contributed by atoms with van der Waals surface area (Å²) in [5.41, 5.74) is 7.39.